The van der Waals surface area contributed by atoms with E-state index in [0.29, 0.717) is 5.02 Å². The van der Waals surface area contributed by atoms with Crippen molar-refractivity contribution in [2.24, 2.45) is 4.99 Å². The maximum absolute atomic E-state index is 6.06. The molecule has 1 atom stereocenters. The molecule has 1 aromatic carbocycles. The molecule has 7 heteroatoms. The Balaban J connectivity index is 0.00000109. The largest absolute Gasteiger partial charge is 0.356 e. The monoisotopic (exact) mass is 491 g/mol. The number of halogens is 2. The minimum atomic E-state index is 0.228. The van der Waals surface area contributed by atoms with Crippen LogP contribution in [0.15, 0.2) is 39.8 Å². The Morgan fingerprint density at radius 3 is 2.84 bits per heavy atom. The summed E-state index contributed by atoms with van der Waals surface area (Å²) < 4.78 is 5.57. The number of hydrogen-bond acceptors (Lipinski definition) is 4. The second-order valence-corrected chi connectivity index (χ2v) is 6.75. The van der Waals surface area contributed by atoms with Gasteiger partial charge in [-0.3, -0.25) is 4.99 Å². The fourth-order valence-electron chi connectivity index (χ4n) is 3.03. The zero-order chi connectivity index (χ0) is 18.2. The van der Waals surface area contributed by atoms with E-state index < -0.39 is 0 Å². The van der Waals surface area contributed by atoms with E-state index in [0.717, 1.165) is 35.2 Å². The lowest BCUT2D eigenvalue weighted by molar-refractivity contribution is 0.237. The van der Waals surface area contributed by atoms with Crippen molar-refractivity contribution < 1.29 is 4.52 Å². The Kier molecular flexibility index (Phi) is 8.58. The molecule has 0 spiro atoms. The van der Waals surface area contributed by atoms with Crippen LogP contribution in [0.1, 0.15) is 31.0 Å². The molecule has 2 heterocycles. The van der Waals surface area contributed by atoms with Crippen LogP contribution in [-0.2, 0) is 0 Å². The Morgan fingerprint density at radius 2 is 2.16 bits per heavy atom. The Morgan fingerprint density at radius 1 is 1.36 bits per heavy atom. The van der Waals surface area contributed by atoms with E-state index in [4.69, 9.17) is 16.1 Å². The zero-order valence-corrected chi connectivity index (χ0v) is 18.4. The highest BCUT2D eigenvalue weighted by Crippen LogP contribution is 2.34. The highest BCUT2D eigenvalue weighted by Gasteiger charge is 2.29. The zero-order valence-electron chi connectivity index (χ0n) is 14.7. The number of alkyl halides is 1. The van der Waals surface area contributed by atoms with Gasteiger partial charge in [-0.2, -0.15) is 0 Å². The molecule has 0 amide bonds. The number of likely N-dealkylation sites (tertiary alicyclic amines) is 1. The molecule has 0 saturated carbocycles. The van der Waals surface area contributed by atoms with Gasteiger partial charge in [-0.05, 0) is 42.6 Å². The van der Waals surface area contributed by atoms with Gasteiger partial charge in [-0.1, -0.05) is 63.2 Å². The molecular weight excluding hydrogens is 469 g/mol. The second-order valence-electron chi connectivity index (χ2n) is 5.54. The van der Waals surface area contributed by atoms with E-state index in [1.54, 1.807) is 11.8 Å². The first-order chi connectivity index (χ1) is 12.2. The Bertz CT molecular complexity index is 707. The number of aromatic nitrogens is 1. The molecule has 1 aliphatic rings. The molecule has 25 heavy (non-hydrogen) atoms. The number of aliphatic imine (C=N–C) groups is 1. The van der Waals surface area contributed by atoms with Crippen LogP contribution in [0.2, 0.25) is 5.02 Å². The molecule has 1 aliphatic heterocycles. The third kappa shape index (κ3) is 5.14. The number of hydrogen-bond donors (Lipinski definition) is 0. The van der Waals surface area contributed by atoms with Crippen LogP contribution in [0, 0.1) is 0 Å². The number of thioether (sulfide) groups is 1. The van der Waals surface area contributed by atoms with Crippen molar-refractivity contribution in [2.75, 3.05) is 24.8 Å². The molecule has 1 unspecified atom stereocenters. The lowest BCUT2D eigenvalue weighted by Crippen LogP contribution is -2.37. The van der Waals surface area contributed by atoms with Gasteiger partial charge in [-0.15, -0.1) is 0 Å². The first kappa shape index (κ1) is 20.6. The summed E-state index contributed by atoms with van der Waals surface area (Å²) >= 11 is 9.89. The molecule has 0 N–H and O–H groups in total. The van der Waals surface area contributed by atoms with Crippen LogP contribution in [0.25, 0.3) is 11.3 Å². The fourth-order valence-corrected chi connectivity index (χ4v) is 3.85. The van der Waals surface area contributed by atoms with E-state index in [1.807, 2.05) is 42.3 Å². The number of piperidine rings is 1. The molecule has 136 valence electrons. The summed E-state index contributed by atoms with van der Waals surface area (Å²) in [7, 11) is 1.84. The summed E-state index contributed by atoms with van der Waals surface area (Å²) in [5.74, 6) is 0.757. The number of rotatable bonds is 2. The maximum atomic E-state index is 6.06. The minimum Gasteiger partial charge on any atom is -0.356 e. The molecule has 2 aromatic rings. The quantitative estimate of drug-likeness (QED) is 0.226. The number of nitrogens with zero attached hydrogens (tertiary/aromatic N) is 3. The van der Waals surface area contributed by atoms with Crippen molar-refractivity contribution in [1.82, 2.24) is 10.1 Å². The standard InChI is InChI=1S/C17H20ClN3OS.CH3I/c1-19-17(23-2)21-9-4-3-8-15(21)14-11-16(22-20-14)12-6-5-7-13(18)10-12;1-2/h5-7,10-11,15H,3-4,8-9H2,1-2H3;1H3/b19-17-;. The number of benzene rings is 1. The topological polar surface area (TPSA) is 41.6 Å². The molecule has 1 fully saturated rings. The van der Waals surface area contributed by atoms with Crippen molar-refractivity contribution >= 4 is 51.1 Å². The fraction of sp³-hybridized carbons (Fsp3) is 0.444. The molecule has 0 radical (unpaired) electrons. The van der Waals surface area contributed by atoms with Crippen LogP contribution in [-0.4, -0.2) is 40.0 Å². The average Bonchev–Trinajstić information content (AvgIpc) is 3.15. The molecule has 0 aliphatic carbocycles. The van der Waals surface area contributed by atoms with Gasteiger partial charge in [0.15, 0.2) is 10.9 Å². The molecule has 1 saturated heterocycles. The minimum absolute atomic E-state index is 0.228. The maximum Gasteiger partial charge on any atom is 0.167 e. The van der Waals surface area contributed by atoms with E-state index in [-0.39, 0.29) is 6.04 Å². The average molecular weight is 492 g/mol. The normalized spacial score (nSPS) is 17.9. The smallest absolute Gasteiger partial charge is 0.167 e. The molecule has 0 bridgehead atoms. The number of amidine groups is 1. The highest BCUT2D eigenvalue weighted by atomic mass is 127. The lowest BCUT2D eigenvalue weighted by Gasteiger charge is -2.36. The summed E-state index contributed by atoms with van der Waals surface area (Å²) in [5.41, 5.74) is 1.92. The van der Waals surface area contributed by atoms with Gasteiger partial charge in [0.05, 0.1) is 6.04 Å². The van der Waals surface area contributed by atoms with Crippen LogP contribution < -0.4 is 0 Å². The predicted molar refractivity (Wildman–Crippen MR) is 117 cm³/mol. The molecule has 1 aromatic heterocycles. The summed E-state index contributed by atoms with van der Waals surface area (Å²) in [6, 6.07) is 9.91. The first-order valence-corrected chi connectivity index (χ1v) is 11.9. The lowest BCUT2D eigenvalue weighted by atomic mass is 9.99. The highest BCUT2D eigenvalue weighted by molar-refractivity contribution is 14.1. The van der Waals surface area contributed by atoms with Gasteiger partial charge >= 0.3 is 0 Å². The van der Waals surface area contributed by atoms with Crippen molar-refractivity contribution in [2.45, 2.75) is 25.3 Å². The van der Waals surface area contributed by atoms with Crippen LogP contribution in [0.5, 0.6) is 0 Å². The van der Waals surface area contributed by atoms with E-state index in [2.05, 4.69) is 43.9 Å². The van der Waals surface area contributed by atoms with Gasteiger partial charge in [0.25, 0.3) is 0 Å². The van der Waals surface area contributed by atoms with E-state index >= 15 is 0 Å². The van der Waals surface area contributed by atoms with Crippen LogP contribution >= 0.6 is 46.0 Å². The SMILES string of the molecule is C/N=C(\SC)N1CCCCC1c1cc(-c2cccc(Cl)c2)on1.CI. The van der Waals surface area contributed by atoms with E-state index in [1.165, 1.54) is 12.8 Å². The molecule has 4 nitrogen and oxygen atoms in total. The third-order valence-corrected chi connectivity index (χ3v) is 5.12. The van der Waals surface area contributed by atoms with Gasteiger partial charge in [0.2, 0.25) is 0 Å². The van der Waals surface area contributed by atoms with Gasteiger partial charge in [0.1, 0.15) is 5.69 Å². The molecule has 3 rings (SSSR count). The predicted octanol–water partition coefficient (Wildman–Crippen LogP) is 5.92. The van der Waals surface area contributed by atoms with Gasteiger partial charge < -0.3 is 9.42 Å². The van der Waals surface area contributed by atoms with Crippen LogP contribution in [0.4, 0.5) is 0 Å². The van der Waals surface area contributed by atoms with Gasteiger partial charge in [-0.25, -0.2) is 0 Å². The summed E-state index contributed by atoms with van der Waals surface area (Å²) in [6.45, 7) is 1.01. The second kappa shape index (κ2) is 10.4. The third-order valence-electron chi connectivity index (χ3n) is 4.10. The summed E-state index contributed by atoms with van der Waals surface area (Å²) in [4.78, 5) is 8.72. The van der Waals surface area contributed by atoms with Crippen molar-refractivity contribution in [1.29, 1.82) is 0 Å². The van der Waals surface area contributed by atoms with Crippen LogP contribution in [0.3, 0.4) is 0 Å². The Hall–Kier alpha value is -0.730. The van der Waals surface area contributed by atoms with Gasteiger partial charge in [0, 0.05) is 30.2 Å². The van der Waals surface area contributed by atoms with E-state index in [9.17, 15) is 0 Å². The molecular formula is C18H23ClIN3OS. The van der Waals surface area contributed by atoms with Crippen molar-refractivity contribution in [3.63, 3.8) is 0 Å². The summed E-state index contributed by atoms with van der Waals surface area (Å²) in [5, 5.41) is 6.08. The van der Waals surface area contributed by atoms with Crippen molar-refractivity contribution in [3.8, 4) is 11.3 Å². The Labute approximate surface area is 172 Å². The first-order valence-electron chi connectivity index (χ1n) is 8.10. The summed E-state index contributed by atoms with van der Waals surface area (Å²) in [6.07, 6.45) is 5.52. The van der Waals surface area contributed by atoms with Crippen molar-refractivity contribution in [3.05, 3.63) is 41.0 Å².